The van der Waals surface area contributed by atoms with Gasteiger partial charge >= 0.3 is 0 Å². The number of halogens is 1. The summed E-state index contributed by atoms with van der Waals surface area (Å²) in [6, 6.07) is 7.05. The molecule has 6 heteroatoms. The Morgan fingerprint density at radius 3 is 2.41 bits per heavy atom. The second-order valence-corrected chi connectivity index (χ2v) is 7.02. The minimum atomic E-state index is -0.460. The van der Waals surface area contributed by atoms with Gasteiger partial charge in [0, 0.05) is 29.1 Å². The number of benzene rings is 1. The minimum Gasteiger partial charge on any atom is -0.357 e. The molecule has 2 amide bonds. The van der Waals surface area contributed by atoms with E-state index in [2.05, 4.69) is 10.6 Å². The van der Waals surface area contributed by atoms with Crippen molar-refractivity contribution in [3.63, 3.8) is 0 Å². The number of carbonyl (C=O) groups excluding carboxylic acids is 2. The van der Waals surface area contributed by atoms with Crippen molar-refractivity contribution in [2.75, 3.05) is 12.8 Å². The van der Waals surface area contributed by atoms with Crippen LogP contribution in [0.3, 0.4) is 0 Å². The molecule has 0 aliphatic heterocycles. The molecule has 0 aromatic heterocycles. The molecule has 0 fully saturated rings. The Morgan fingerprint density at radius 2 is 1.86 bits per heavy atom. The summed E-state index contributed by atoms with van der Waals surface area (Å²) in [5.74, 6) is 0.754. The Labute approximate surface area is 141 Å². The van der Waals surface area contributed by atoms with E-state index in [-0.39, 0.29) is 11.8 Å². The van der Waals surface area contributed by atoms with Crippen molar-refractivity contribution in [1.29, 1.82) is 0 Å². The second-order valence-electron chi connectivity index (χ2n) is 5.42. The molecule has 0 unspecified atom stereocenters. The normalized spacial score (nSPS) is 12.0. The maximum absolute atomic E-state index is 12.0. The molecule has 22 heavy (non-hydrogen) atoms. The molecule has 0 heterocycles. The third kappa shape index (κ3) is 7.18. The van der Waals surface area contributed by atoms with Crippen molar-refractivity contribution in [3.8, 4) is 0 Å². The number of likely N-dealkylation sites (N-methyl/N-ethyl adjacent to an activating group) is 1. The molecule has 0 aliphatic carbocycles. The van der Waals surface area contributed by atoms with Crippen LogP contribution in [-0.2, 0) is 9.59 Å². The van der Waals surface area contributed by atoms with Gasteiger partial charge in [0.2, 0.25) is 11.8 Å². The molecular weight excluding hydrogens is 320 g/mol. The summed E-state index contributed by atoms with van der Waals surface area (Å²) < 4.78 is 0. The lowest BCUT2D eigenvalue weighted by atomic mass is 10.0. The summed E-state index contributed by atoms with van der Waals surface area (Å²) >= 11 is 7.42. The largest absolute Gasteiger partial charge is 0.357 e. The molecule has 1 aromatic rings. The van der Waals surface area contributed by atoms with E-state index in [1.807, 2.05) is 38.1 Å². The monoisotopic (exact) mass is 342 g/mol. The van der Waals surface area contributed by atoms with Crippen LogP contribution < -0.4 is 10.6 Å². The smallest absolute Gasteiger partial charge is 0.242 e. The highest BCUT2D eigenvalue weighted by atomic mass is 35.5. The molecular formula is C16H23ClN2O2S. The van der Waals surface area contributed by atoms with Crippen LogP contribution in [0, 0.1) is 5.92 Å². The lowest BCUT2D eigenvalue weighted by Gasteiger charge is -2.19. The van der Waals surface area contributed by atoms with Gasteiger partial charge in [-0.3, -0.25) is 9.59 Å². The maximum atomic E-state index is 12.0. The molecule has 0 saturated heterocycles. The Hall–Kier alpha value is -1.20. The fourth-order valence-electron chi connectivity index (χ4n) is 1.94. The zero-order chi connectivity index (χ0) is 16.5. The quantitative estimate of drug-likeness (QED) is 0.714. The van der Waals surface area contributed by atoms with E-state index in [1.165, 1.54) is 0 Å². The van der Waals surface area contributed by atoms with E-state index >= 15 is 0 Å². The van der Waals surface area contributed by atoms with Crippen molar-refractivity contribution >= 4 is 35.2 Å². The van der Waals surface area contributed by atoms with Crippen molar-refractivity contribution < 1.29 is 9.59 Å². The number of amides is 2. The van der Waals surface area contributed by atoms with Crippen LogP contribution in [0.1, 0.15) is 26.7 Å². The van der Waals surface area contributed by atoms with Crippen LogP contribution in [0.4, 0.5) is 0 Å². The summed E-state index contributed by atoms with van der Waals surface area (Å²) in [6.07, 6.45) is 1.01. The molecule has 1 atom stereocenters. The van der Waals surface area contributed by atoms with Crippen LogP contribution in [-0.4, -0.2) is 30.7 Å². The molecule has 0 aliphatic rings. The molecule has 122 valence electrons. The SMILES string of the molecule is CNC(=O)[C@H](CC(C)C)NC(=O)CCSc1ccc(Cl)cc1. The third-order valence-electron chi connectivity index (χ3n) is 3.02. The average molecular weight is 343 g/mol. The lowest BCUT2D eigenvalue weighted by molar-refractivity contribution is -0.128. The number of thioether (sulfide) groups is 1. The first-order valence-electron chi connectivity index (χ1n) is 7.31. The number of nitrogens with one attached hydrogen (secondary N) is 2. The van der Waals surface area contributed by atoms with Gasteiger partial charge in [-0.05, 0) is 36.6 Å². The van der Waals surface area contributed by atoms with Crippen molar-refractivity contribution in [2.24, 2.45) is 5.92 Å². The topological polar surface area (TPSA) is 58.2 Å². The van der Waals surface area contributed by atoms with Gasteiger partial charge in [-0.25, -0.2) is 0 Å². The van der Waals surface area contributed by atoms with Crippen molar-refractivity contribution in [1.82, 2.24) is 10.6 Å². The van der Waals surface area contributed by atoms with Gasteiger partial charge in [-0.15, -0.1) is 11.8 Å². The van der Waals surface area contributed by atoms with Gasteiger partial charge in [-0.1, -0.05) is 25.4 Å². The van der Waals surface area contributed by atoms with Gasteiger partial charge in [0.25, 0.3) is 0 Å². The molecule has 2 N–H and O–H groups in total. The summed E-state index contributed by atoms with van der Waals surface area (Å²) in [4.78, 5) is 24.8. The highest BCUT2D eigenvalue weighted by molar-refractivity contribution is 7.99. The van der Waals surface area contributed by atoms with Crippen LogP contribution in [0.25, 0.3) is 0 Å². The molecule has 1 rings (SSSR count). The molecule has 0 bridgehead atoms. The van der Waals surface area contributed by atoms with Crippen molar-refractivity contribution in [2.45, 2.75) is 37.6 Å². The van der Waals surface area contributed by atoms with Crippen molar-refractivity contribution in [3.05, 3.63) is 29.3 Å². The number of carbonyl (C=O) groups is 2. The predicted octanol–water partition coefficient (Wildman–Crippen LogP) is 3.10. The Morgan fingerprint density at radius 1 is 1.23 bits per heavy atom. The van der Waals surface area contributed by atoms with E-state index < -0.39 is 6.04 Å². The third-order valence-corrected chi connectivity index (χ3v) is 4.28. The van der Waals surface area contributed by atoms with Gasteiger partial charge in [0.1, 0.15) is 6.04 Å². The van der Waals surface area contributed by atoms with Crippen LogP contribution in [0.5, 0.6) is 0 Å². The zero-order valence-electron chi connectivity index (χ0n) is 13.2. The van der Waals surface area contributed by atoms with Gasteiger partial charge < -0.3 is 10.6 Å². The van der Waals surface area contributed by atoms with E-state index in [1.54, 1.807) is 18.8 Å². The molecule has 0 saturated carbocycles. The highest BCUT2D eigenvalue weighted by Crippen LogP contribution is 2.20. The maximum Gasteiger partial charge on any atom is 0.242 e. The fraction of sp³-hybridized carbons (Fsp3) is 0.500. The second kappa shape index (κ2) is 9.74. The van der Waals surface area contributed by atoms with Crippen LogP contribution in [0.15, 0.2) is 29.2 Å². The number of rotatable bonds is 8. The average Bonchev–Trinajstić information content (AvgIpc) is 2.47. The standard InChI is InChI=1S/C16H23ClN2O2S/c1-11(2)10-14(16(21)18-3)19-15(20)8-9-22-13-6-4-12(17)5-7-13/h4-7,11,14H,8-10H2,1-3H3,(H,18,21)(H,19,20)/t14-/m0/s1. The van der Waals surface area contributed by atoms with E-state index in [4.69, 9.17) is 11.6 Å². The van der Waals surface area contributed by atoms with E-state index in [0.29, 0.717) is 29.5 Å². The molecule has 1 aromatic carbocycles. The molecule has 0 radical (unpaired) electrons. The number of hydrogen-bond donors (Lipinski definition) is 2. The lowest BCUT2D eigenvalue weighted by Crippen LogP contribution is -2.46. The first kappa shape index (κ1) is 18.8. The molecule has 0 spiro atoms. The summed E-state index contributed by atoms with van der Waals surface area (Å²) in [6.45, 7) is 4.05. The fourth-order valence-corrected chi connectivity index (χ4v) is 2.91. The van der Waals surface area contributed by atoms with E-state index in [0.717, 1.165) is 4.90 Å². The van der Waals surface area contributed by atoms with Gasteiger partial charge in [-0.2, -0.15) is 0 Å². The van der Waals surface area contributed by atoms with Gasteiger partial charge in [0.15, 0.2) is 0 Å². The first-order valence-corrected chi connectivity index (χ1v) is 8.68. The molecule has 4 nitrogen and oxygen atoms in total. The summed E-state index contributed by atoms with van der Waals surface area (Å²) in [5, 5.41) is 6.10. The summed E-state index contributed by atoms with van der Waals surface area (Å²) in [7, 11) is 1.58. The zero-order valence-corrected chi connectivity index (χ0v) is 14.8. The first-order chi connectivity index (χ1) is 10.4. The minimum absolute atomic E-state index is 0.101. The van der Waals surface area contributed by atoms with Crippen LogP contribution >= 0.6 is 23.4 Å². The van der Waals surface area contributed by atoms with Crippen LogP contribution in [0.2, 0.25) is 5.02 Å². The Kier molecular flexibility index (Phi) is 8.35. The predicted molar refractivity (Wildman–Crippen MR) is 92.2 cm³/mol. The highest BCUT2D eigenvalue weighted by Gasteiger charge is 2.20. The summed E-state index contributed by atoms with van der Waals surface area (Å²) in [5.41, 5.74) is 0. The van der Waals surface area contributed by atoms with Gasteiger partial charge in [0.05, 0.1) is 0 Å². The Balaban J connectivity index is 2.39. The van der Waals surface area contributed by atoms with E-state index in [9.17, 15) is 9.59 Å². The number of hydrogen-bond acceptors (Lipinski definition) is 3. The Bertz CT molecular complexity index is 491.